The van der Waals surface area contributed by atoms with Crippen molar-refractivity contribution in [1.82, 2.24) is 4.98 Å². The number of rotatable bonds is 5. The number of pyridine rings is 1. The van der Waals surface area contributed by atoms with Crippen molar-refractivity contribution in [3.63, 3.8) is 0 Å². The first-order chi connectivity index (χ1) is 9.79. The van der Waals surface area contributed by atoms with Crippen LogP contribution in [0.2, 0.25) is 0 Å². The first-order valence-corrected chi connectivity index (χ1v) is 6.35. The molecule has 0 aliphatic heterocycles. The topological polar surface area (TPSA) is 60.5 Å². The molecule has 1 aromatic carbocycles. The summed E-state index contributed by atoms with van der Waals surface area (Å²) in [4.78, 5) is 15.8. The molecular weight excluding hydrogens is 256 g/mol. The Labute approximate surface area is 117 Å². The number of hydrogen-bond acceptors (Lipinski definition) is 4. The maximum atomic E-state index is 11.7. The molecular formula is C15H16N2O3. The Morgan fingerprint density at radius 2 is 2.00 bits per heavy atom. The first kappa shape index (κ1) is 13.9. The summed E-state index contributed by atoms with van der Waals surface area (Å²) < 4.78 is 10.5. The van der Waals surface area contributed by atoms with E-state index in [9.17, 15) is 4.79 Å². The van der Waals surface area contributed by atoms with Crippen LogP contribution in [0.1, 0.15) is 12.5 Å². The van der Waals surface area contributed by atoms with Crippen LogP contribution in [0.25, 0.3) is 0 Å². The smallest absolute Gasteiger partial charge is 0.412 e. The molecule has 2 rings (SSSR count). The van der Waals surface area contributed by atoms with Crippen molar-refractivity contribution < 1.29 is 14.3 Å². The average molecular weight is 272 g/mol. The van der Waals surface area contributed by atoms with Gasteiger partial charge in [0.2, 0.25) is 5.88 Å². The summed E-state index contributed by atoms with van der Waals surface area (Å²) in [7, 11) is 0. The number of aromatic nitrogens is 1. The van der Waals surface area contributed by atoms with Gasteiger partial charge in [0.25, 0.3) is 0 Å². The van der Waals surface area contributed by atoms with Crippen molar-refractivity contribution in [3.05, 3.63) is 54.2 Å². The summed E-state index contributed by atoms with van der Waals surface area (Å²) in [6.07, 6.45) is 1.06. The van der Waals surface area contributed by atoms with Crippen molar-refractivity contribution in [3.8, 4) is 5.88 Å². The Morgan fingerprint density at radius 3 is 2.75 bits per heavy atom. The number of carbonyl (C=O) groups excluding carboxylic acids is 1. The maximum absolute atomic E-state index is 11.7. The Kier molecular flexibility index (Phi) is 4.94. The predicted octanol–water partition coefficient (Wildman–Crippen LogP) is 3.23. The summed E-state index contributed by atoms with van der Waals surface area (Å²) >= 11 is 0. The molecule has 5 heteroatoms. The van der Waals surface area contributed by atoms with E-state index in [2.05, 4.69) is 10.3 Å². The van der Waals surface area contributed by atoms with Crippen LogP contribution in [0.3, 0.4) is 0 Å². The highest BCUT2D eigenvalue weighted by Crippen LogP contribution is 2.20. The molecule has 2 aromatic rings. The second kappa shape index (κ2) is 7.13. The zero-order chi connectivity index (χ0) is 14.2. The number of nitrogens with one attached hydrogen (secondary N) is 1. The lowest BCUT2D eigenvalue weighted by molar-refractivity contribution is 0.155. The molecule has 0 saturated heterocycles. The average Bonchev–Trinajstić information content (AvgIpc) is 2.49. The van der Waals surface area contributed by atoms with E-state index >= 15 is 0 Å². The third-order valence-corrected chi connectivity index (χ3v) is 2.50. The minimum atomic E-state index is -0.539. The molecule has 1 amide bonds. The van der Waals surface area contributed by atoms with Crippen LogP contribution in [-0.4, -0.2) is 17.7 Å². The molecule has 0 spiro atoms. The molecule has 1 aromatic heterocycles. The van der Waals surface area contributed by atoms with E-state index in [1.54, 1.807) is 18.3 Å². The summed E-state index contributed by atoms with van der Waals surface area (Å²) in [5.74, 6) is 0.381. The number of benzene rings is 1. The van der Waals surface area contributed by atoms with Gasteiger partial charge in [-0.25, -0.2) is 9.78 Å². The number of carbonyl (C=O) groups is 1. The van der Waals surface area contributed by atoms with E-state index in [1.165, 1.54) is 0 Å². The minimum absolute atomic E-state index is 0.219. The van der Waals surface area contributed by atoms with Gasteiger partial charge >= 0.3 is 6.09 Å². The van der Waals surface area contributed by atoms with Crippen molar-refractivity contribution in [2.45, 2.75) is 13.5 Å². The summed E-state index contributed by atoms with van der Waals surface area (Å²) in [5, 5.41) is 2.62. The van der Waals surface area contributed by atoms with Crippen LogP contribution in [0.4, 0.5) is 10.5 Å². The van der Waals surface area contributed by atoms with Crippen LogP contribution in [0.15, 0.2) is 48.7 Å². The summed E-state index contributed by atoms with van der Waals surface area (Å²) in [5.41, 5.74) is 1.42. The van der Waals surface area contributed by atoms with E-state index in [1.807, 2.05) is 37.3 Å². The van der Waals surface area contributed by atoms with Gasteiger partial charge in [0.05, 0.1) is 6.61 Å². The normalized spacial score (nSPS) is 9.85. The van der Waals surface area contributed by atoms with Crippen LogP contribution < -0.4 is 10.1 Å². The Hall–Kier alpha value is -2.56. The standard InChI is InChI=1S/C15H16N2O3/c1-2-19-14-13(9-6-10-16-14)17-15(18)20-11-12-7-4-3-5-8-12/h3-10H,2,11H2,1H3,(H,17,18). The van der Waals surface area contributed by atoms with Gasteiger partial charge in [-0.3, -0.25) is 5.32 Å². The lowest BCUT2D eigenvalue weighted by atomic mass is 10.2. The Morgan fingerprint density at radius 1 is 1.20 bits per heavy atom. The minimum Gasteiger partial charge on any atom is -0.476 e. The molecule has 0 saturated carbocycles. The fraction of sp³-hybridized carbons (Fsp3) is 0.200. The molecule has 0 aliphatic rings. The van der Waals surface area contributed by atoms with E-state index in [0.29, 0.717) is 18.2 Å². The van der Waals surface area contributed by atoms with Crippen molar-refractivity contribution in [1.29, 1.82) is 0 Å². The molecule has 0 fully saturated rings. The first-order valence-electron chi connectivity index (χ1n) is 6.35. The van der Waals surface area contributed by atoms with Crippen LogP contribution in [0, 0.1) is 0 Å². The SMILES string of the molecule is CCOc1ncccc1NC(=O)OCc1ccccc1. The van der Waals surface area contributed by atoms with Crippen molar-refractivity contribution in [2.24, 2.45) is 0 Å². The molecule has 0 bridgehead atoms. The maximum Gasteiger partial charge on any atom is 0.412 e. The number of hydrogen-bond donors (Lipinski definition) is 1. The van der Waals surface area contributed by atoms with Crippen molar-refractivity contribution in [2.75, 3.05) is 11.9 Å². The second-order valence-corrected chi connectivity index (χ2v) is 3.98. The molecule has 104 valence electrons. The van der Waals surface area contributed by atoms with Gasteiger partial charge in [0.1, 0.15) is 12.3 Å². The quantitative estimate of drug-likeness (QED) is 0.907. The summed E-state index contributed by atoms with van der Waals surface area (Å²) in [6, 6.07) is 12.9. The Balaban J connectivity index is 1.91. The zero-order valence-electron chi connectivity index (χ0n) is 11.2. The predicted molar refractivity (Wildman–Crippen MR) is 75.7 cm³/mol. The molecule has 1 N–H and O–H groups in total. The fourth-order valence-electron chi connectivity index (χ4n) is 1.61. The number of anilines is 1. The van der Waals surface area contributed by atoms with Gasteiger partial charge in [0.15, 0.2) is 0 Å². The highest BCUT2D eigenvalue weighted by molar-refractivity contribution is 5.86. The van der Waals surface area contributed by atoms with Gasteiger partial charge in [-0.15, -0.1) is 0 Å². The van der Waals surface area contributed by atoms with E-state index in [0.717, 1.165) is 5.56 Å². The summed E-state index contributed by atoms with van der Waals surface area (Å²) in [6.45, 7) is 2.55. The van der Waals surface area contributed by atoms with Gasteiger partial charge in [-0.2, -0.15) is 0 Å². The third kappa shape index (κ3) is 3.98. The van der Waals surface area contributed by atoms with Crippen LogP contribution in [-0.2, 0) is 11.3 Å². The highest BCUT2D eigenvalue weighted by atomic mass is 16.5. The van der Waals surface area contributed by atoms with E-state index in [4.69, 9.17) is 9.47 Å². The van der Waals surface area contributed by atoms with E-state index in [-0.39, 0.29) is 6.61 Å². The van der Waals surface area contributed by atoms with Gasteiger partial charge in [0, 0.05) is 6.20 Å². The number of amides is 1. The number of nitrogens with zero attached hydrogens (tertiary/aromatic N) is 1. The number of ether oxygens (including phenoxy) is 2. The largest absolute Gasteiger partial charge is 0.476 e. The highest BCUT2D eigenvalue weighted by Gasteiger charge is 2.09. The molecule has 1 heterocycles. The second-order valence-electron chi connectivity index (χ2n) is 3.98. The van der Waals surface area contributed by atoms with Crippen LogP contribution in [0.5, 0.6) is 5.88 Å². The fourth-order valence-corrected chi connectivity index (χ4v) is 1.61. The Bertz CT molecular complexity index is 558. The van der Waals surface area contributed by atoms with Crippen molar-refractivity contribution >= 4 is 11.8 Å². The lowest BCUT2D eigenvalue weighted by Crippen LogP contribution is -2.14. The molecule has 20 heavy (non-hydrogen) atoms. The van der Waals surface area contributed by atoms with Crippen LogP contribution >= 0.6 is 0 Å². The molecule has 5 nitrogen and oxygen atoms in total. The molecule has 0 atom stereocenters. The molecule has 0 aliphatic carbocycles. The monoisotopic (exact) mass is 272 g/mol. The third-order valence-electron chi connectivity index (χ3n) is 2.50. The zero-order valence-corrected chi connectivity index (χ0v) is 11.2. The van der Waals surface area contributed by atoms with E-state index < -0.39 is 6.09 Å². The lowest BCUT2D eigenvalue weighted by Gasteiger charge is -2.10. The van der Waals surface area contributed by atoms with Gasteiger partial charge < -0.3 is 9.47 Å². The van der Waals surface area contributed by atoms with Gasteiger partial charge in [-0.05, 0) is 24.6 Å². The molecule has 0 unspecified atom stereocenters. The van der Waals surface area contributed by atoms with Gasteiger partial charge in [-0.1, -0.05) is 30.3 Å². The molecule has 0 radical (unpaired) electrons.